The fourth-order valence-electron chi connectivity index (χ4n) is 8.17. The third-order valence-electron chi connectivity index (χ3n) is 11.1. The lowest BCUT2D eigenvalue weighted by Crippen LogP contribution is -2.56. The quantitative estimate of drug-likeness (QED) is 0.159. The normalized spacial score (nSPS) is 14.6. The zero-order valence-corrected chi connectivity index (χ0v) is 32.6. The Bertz CT molecular complexity index is 2320. The van der Waals surface area contributed by atoms with Crippen LogP contribution in [0.4, 0.5) is 17.1 Å². The van der Waals surface area contributed by atoms with E-state index in [4.69, 9.17) is 0 Å². The van der Waals surface area contributed by atoms with Crippen molar-refractivity contribution in [1.29, 1.82) is 0 Å². The average molecular weight is 663 g/mol. The summed E-state index contributed by atoms with van der Waals surface area (Å²) in [5.74, 6) is 0. The largest absolute Gasteiger partial charge is 0.375 e. The molecular formula is C45H51BN2S. The summed E-state index contributed by atoms with van der Waals surface area (Å²) in [6, 6.07) is 29.0. The van der Waals surface area contributed by atoms with Gasteiger partial charge in [-0.25, -0.2) is 0 Å². The number of hydrogen-bond acceptors (Lipinski definition) is 2. The SMILES string of the molecule is Cc1sc2c3c1N(c1ccc(C(C)(C)C)cc1)c1ccc(C(C)(C)C)cc1B3n1c3ccc(C(C)(C)C)cc3c3cc(C(C)(C)C)cc-2c31. The van der Waals surface area contributed by atoms with E-state index in [-0.39, 0.29) is 28.5 Å². The molecule has 2 aliphatic rings. The Kier molecular flexibility index (Phi) is 6.73. The molecule has 4 aromatic carbocycles. The van der Waals surface area contributed by atoms with Gasteiger partial charge >= 0.3 is 6.85 Å². The zero-order chi connectivity index (χ0) is 35.2. The van der Waals surface area contributed by atoms with Crippen molar-refractivity contribution in [2.24, 2.45) is 0 Å². The van der Waals surface area contributed by atoms with Gasteiger partial charge < -0.3 is 9.38 Å². The first-order valence-electron chi connectivity index (χ1n) is 18.1. The van der Waals surface area contributed by atoms with E-state index in [1.54, 1.807) is 0 Å². The van der Waals surface area contributed by atoms with Crippen LogP contribution < -0.4 is 15.8 Å². The number of aryl methyl sites for hydroxylation is 1. The van der Waals surface area contributed by atoms with Crippen molar-refractivity contribution >= 4 is 68.0 Å². The smallest absolute Gasteiger partial charge is 0.333 e. The molecule has 0 N–H and O–H groups in total. The van der Waals surface area contributed by atoms with Crippen molar-refractivity contribution < 1.29 is 0 Å². The standard InChI is InChI=1S/C45H51BN2S/c1-26-39-38-41(49-26)34-24-30(45(11,12)13)23-33-32-22-28(43(5,6)7)16-20-36(32)48(40(33)34)46(38)35-25-29(44(8,9)10)17-21-37(35)47(39)31-18-14-27(15-19-31)42(2,3)4/h14-25H,1-13H3. The van der Waals surface area contributed by atoms with Crippen LogP contribution in [0.5, 0.6) is 0 Å². The second-order valence-electron chi connectivity index (χ2n) is 18.8. The van der Waals surface area contributed by atoms with Crippen molar-refractivity contribution in [3.05, 3.63) is 99.9 Å². The predicted octanol–water partition coefficient (Wildman–Crippen LogP) is 11.8. The lowest BCUT2D eigenvalue weighted by atomic mass is 9.46. The second kappa shape index (κ2) is 10.2. The van der Waals surface area contributed by atoms with Gasteiger partial charge in [0.05, 0.1) is 5.69 Å². The topological polar surface area (TPSA) is 8.17 Å². The molecule has 0 spiro atoms. The highest BCUT2D eigenvalue weighted by Gasteiger charge is 2.45. The highest BCUT2D eigenvalue weighted by atomic mass is 32.1. The molecule has 4 heterocycles. The predicted molar refractivity (Wildman–Crippen MR) is 217 cm³/mol. The van der Waals surface area contributed by atoms with E-state index >= 15 is 0 Å². The fraction of sp³-hybridized carbons (Fsp3) is 0.378. The van der Waals surface area contributed by atoms with Crippen LogP contribution in [0.15, 0.2) is 72.8 Å². The molecule has 0 atom stereocenters. The zero-order valence-electron chi connectivity index (χ0n) is 31.8. The van der Waals surface area contributed by atoms with Crippen LogP contribution in [0, 0.1) is 6.92 Å². The van der Waals surface area contributed by atoms with Gasteiger partial charge in [0.2, 0.25) is 0 Å². The van der Waals surface area contributed by atoms with Crippen molar-refractivity contribution in [2.75, 3.05) is 4.90 Å². The monoisotopic (exact) mass is 662 g/mol. The molecular weight excluding hydrogens is 611 g/mol. The van der Waals surface area contributed by atoms with E-state index in [0.717, 1.165) is 0 Å². The van der Waals surface area contributed by atoms with Crippen LogP contribution in [0.2, 0.25) is 0 Å². The number of fused-ring (bicyclic) bond motifs is 7. The molecule has 0 aliphatic carbocycles. The molecule has 0 bridgehead atoms. The summed E-state index contributed by atoms with van der Waals surface area (Å²) in [7, 11) is 0. The van der Waals surface area contributed by atoms with Crippen LogP contribution >= 0.6 is 11.3 Å². The van der Waals surface area contributed by atoms with E-state index in [1.165, 1.54) is 87.4 Å². The lowest BCUT2D eigenvalue weighted by molar-refractivity contribution is 0.590. The van der Waals surface area contributed by atoms with E-state index in [0.29, 0.717) is 0 Å². The van der Waals surface area contributed by atoms with Crippen molar-refractivity contribution in [2.45, 2.75) is 112 Å². The Balaban J connectivity index is 1.51. The summed E-state index contributed by atoms with van der Waals surface area (Å²) in [5.41, 5.74) is 16.6. The number of nitrogens with zero attached hydrogens (tertiary/aromatic N) is 2. The number of anilines is 3. The molecule has 250 valence electrons. The van der Waals surface area contributed by atoms with Crippen LogP contribution in [-0.4, -0.2) is 11.3 Å². The summed E-state index contributed by atoms with van der Waals surface area (Å²) in [6.45, 7) is 30.4. The lowest BCUT2D eigenvalue weighted by Gasteiger charge is -2.39. The average Bonchev–Trinajstić information content (AvgIpc) is 3.52. The second-order valence-corrected chi connectivity index (χ2v) is 20.1. The fourth-order valence-corrected chi connectivity index (χ4v) is 9.36. The Morgan fingerprint density at radius 2 is 1.12 bits per heavy atom. The van der Waals surface area contributed by atoms with Crippen molar-refractivity contribution in [3.8, 4) is 10.4 Å². The first kappa shape index (κ1) is 32.4. The minimum Gasteiger partial charge on any atom is -0.375 e. The number of benzene rings is 4. The van der Waals surface area contributed by atoms with Gasteiger partial charge in [0, 0.05) is 48.5 Å². The van der Waals surface area contributed by atoms with E-state index < -0.39 is 0 Å². The molecule has 2 nitrogen and oxygen atoms in total. The Labute approximate surface area is 298 Å². The molecule has 49 heavy (non-hydrogen) atoms. The van der Waals surface area contributed by atoms with E-state index in [9.17, 15) is 0 Å². The highest BCUT2D eigenvalue weighted by Crippen LogP contribution is 2.51. The third-order valence-corrected chi connectivity index (χ3v) is 12.3. The third kappa shape index (κ3) is 4.80. The molecule has 0 unspecified atom stereocenters. The molecule has 0 radical (unpaired) electrons. The first-order chi connectivity index (χ1) is 22.7. The van der Waals surface area contributed by atoms with Crippen LogP contribution in [0.1, 0.15) is 110 Å². The van der Waals surface area contributed by atoms with Crippen LogP contribution in [0.3, 0.4) is 0 Å². The first-order valence-corrected chi connectivity index (χ1v) is 18.9. The molecule has 2 aliphatic heterocycles. The van der Waals surface area contributed by atoms with Gasteiger partial charge in [-0.3, -0.25) is 0 Å². The molecule has 0 fully saturated rings. The number of hydrogen-bond donors (Lipinski definition) is 0. The van der Waals surface area contributed by atoms with Crippen LogP contribution in [-0.2, 0) is 21.7 Å². The maximum atomic E-state index is 2.72. The van der Waals surface area contributed by atoms with E-state index in [1.807, 2.05) is 11.3 Å². The maximum absolute atomic E-state index is 2.72. The summed E-state index contributed by atoms with van der Waals surface area (Å²) in [6.07, 6.45) is 0. The summed E-state index contributed by atoms with van der Waals surface area (Å²) in [5, 5.41) is 2.76. The number of thiophene rings is 1. The van der Waals surface area contributed by atoms with Gasteiger partial charge in [0.25, 0.3) is 0 Å². The summed E-state index contributed by atoms with van der Waals surface area (Å²) in [4.78, 5) is 5.39. The van der Waals surface area contributed by atoms with Gasteiger partial charge in [-0.2, -0.15) is 0 Å². The molecule has 0 amide bonds. The Morgan fingerprint density at radius 3 is 1.73 bits per heavy atom. The van der Waals surface area contributed by atoms with Gasteiger partial charge in [-0.1, -0.05) is 113 Å². The summed E-state index contributed by atoms with van der Waals surface area (Å²) < 4.78 is 2.72. The van der Waals surface area contributed by atoms with Gasteiger partial charge in [0.1, 0.15) is 0 Å². The van der Waals surface area contributed by atoms with Gasteiger partial charge in [0.15, 0.2) is 0 Å². The number of aromatic nitrogens is 1. The number of rotatable bonds is 1. The Hall–Kier alpha value is -3.76. The minimum atomic E-state index is 0.0268. The minimum absolute atomic E-state index is 0.0268. The van der Waals surface area contributed by atoms with Crippen LogP contribution in [0.25, 0.3) is 32.2 Å². The van der Waals surface area contributed by atoms with Gasteiger partial charge in [-0.05, 0) is 104 Å². The Morgan fingerprint density at radius 1 is 0.571 bits per heavy atom. The molecule has 8 rings (SSSR count). The molecule has 4 heteroatoms. The maximum Gasteiger partial charge on any atom is 0.333 e. The van der Waals surface area contributed by atoms with Crippen molar-refractivity contribution in [3.63, 3.8) is 0 Å². The molecule has 0 saturated heterocycles. The van der Waals surface area contributed by atoms with Crippen molar-refractivity contribution in [1.82, 2.24) is 4.48 Å². The summed E-state index contributed by atoms with van der Waals surface area (Å²) >= 11 is 1.99. The van der Waals surface area contributed by atoms with E-state index in [2.05, 4.69) is 172 Å². The highest BCUT2D eigenvalue weighted by molar-refractivity contribution is 7.19. The molecule has 0 saturated carbocycles. The van der Waals surface area contributed by atoms with Gasteiger partial charge in [-0.15, -0.1) is 11.3 Å². The molecule has 2 aromatic heterocycles. The molecule has 6 aromatic rings.